The largest absolute Gasteiger partial charge is 0.491 e. The number of aromatic nitrogens is 2. The summed E-state index contributed by atoms with van der Waals surface area (Å²) < 4.78 is 57.5. The molecule has 0 bridgehead atoms. The Hall–Kier alpha value is -2.65. The molecule has 0 aliphatic carbocycles. The molecule has 1 heterocycles. The van der Waals surface area contributed by atoms with Gasteiger partial charge in [-0.2, -0.15) is 23.1 Å². The van der Waals surface area contributed by atoms with Gasteiger partial charge in [-0.25, -0.2) is 8.78 Å². The minimum Gasteiger partial charge on any atom is -0.491 e. The van der Waals surface area contributed by atoms with E-state index in [2.05, 4.69) is 14.7 Å². The summed E-state index contributed by atoms with van der Waals surface area (Å²) in [5, 5.41) is 3.83. The number of rotatable bonds is 5. The maximum absolute atomic E-state index is 14.0. The van der Waals surface area contributed by atoms with Gasteiger partial charge in [-0.3, -0.25) is 0 Å². The van der Waals surface area contributed by atoms with Gasteiger partial charge in [0.15, 0.2) is 17.4 Å². The van der Waals surface area contributed by atoms with Crippen LogP contribution in [0.1, 0.15) is 0 Å². The Balaban J connectivity index is 2.06. The molecule has 0 unspecified atom stereocenters. The Kier molecular flexibility index (Phi) is 4.84. The van der Waals surface area contributed by atoms with E-state index in [0.717, 1.165) is 30.2 Å². The SMILES string of the molecule is COc1c(F)cc(-c2c(Cl)cnn2NS(=O)(=O)c2ccccc2)cc1F. The molecule has 26 heavy (non-hydrogen) atoms. The van der Waals surface area contributed by atoms with E-state index in [0.29, 0.717) is 0 Å². The van der Waals surface area contributed by atoms with E-state index in [1.165, 1.54) is 12.1 Å². The molecular weight excluding hydrogens is 388 g/mol. The standard InChI is InChI=1S/C16H12ClF2N3O3S/c1-25-16-13(18)7-10(8-14(16)19)15-12(17)9-20-22(15)21-26(23,24)11-5-3-2-4-6-11/h2-9,21H,1H3. The lowest BCUT2D eigenvalue weighted by Gasteiger charge is -2.12. The fraction of sp³-hybridized carbons (Fsp3) is 0.0625. The van der Waals surface area contributed by atoms with E-state index in [1.807, 2.05) is 0 Å². The Labute approximate surface area is 153 Å². The third-order valence-electron chi connectivity index (χ3n) is 3.46. The molecule has 0 fully saturated rings. The summed E-state index contributed by atoms with van der Waals surface area (Å²) in [5.41, 5.74) is -0.0364. The zero-order valence-electron chi connectivity index (χ0n) is 13.3. The number of benzene rings is 2. The summed E-state index contributed by atoms with van der Waals surface area (Å²) >= 11 is 6.04. The fourth-order valence-electron chi connectivity index (χ4n) is 2.32. The molecule has 1 aromatic heterocycles. The molecule has 2 aromatic carbocycles. The first-order valence-corrected chi connectivity index (χ1v) is 9.04. The minimum absolute atomic E-state index is 0.00438. The Morgan fingerprint density at radius 2 is 1.77 bits per heavy atom. The van der Waals surface area contributed by atoms with E-state index >= 15 is 0 Å². The topological polar surface area (TPSA) is 73.2 Å². The number of sulfonamides is 1. The van der Waals surface area contributed by atoms with Crippen LogP contribution in [-0.2, 0) is 10.0 Å². The number of hydrogen-bond acceptors (Lipinski definition) is 4. The van der Waals surface area contributed by atoms with Crippen molar-refractivity contribution in [3.63, 3.8) is 0 Å². The summed E-state index contributed by atoms with van der Waals surface area (Å²) in [5.74, 6) is -2.48. The second kappa shape index (κ2) is 6.93. The van der Waals surface area contributed by atoms with Crippen LogP contribution in [0.25, 0.3) is 11.3 Å². The number of halogens is 3. The second-order valence-electron chi connectivity index (χ2n) is 5.13. The highest BCUT2D eigenvalue weighted by Crippen LogP contribution is 2.32. The molecule has 1 N–H and O–H groups in total. The predicted molar refractivity (Wildman–Crippen MR) is 92.1 cm³/mol. The van der Waals surface area contributed by atoms with Crippen molar-refractivity contribution in [3.8, 4) is 17.0 Å². The molecule has 0 atom stereocenters. The van der Waals surface area contributed by atoms with Crippen LogP contribution in [0.5, 0.6) is 5.75 Å². The molecule has 3 rings (SSSR count). The summed E-state index contributed by atoms with van der Waals surface area (Å²) in [4.78, 5) is 3.04. The molecule has 0 radical (unpaired) electrons. The van der Waals surface area contributed by atoms with Gasteiger partial charge in [-0.15, -0.1) is 0 Å². The molecule has 0 saturated heterocycles. The van der Waals surface area contributed by atoms with Crippen molar-refractivity contribution in [1.82, 2.24) is 9.89 Å². The maximum Gasteiger partial charge on any atom is 0.276 e. The third-order valence-corrected chi connectivity index (χ3v) is 5.04. The highest BCUT2D eigenvalue weighted by molar-refractivity contribution is 7.92. The van der Waals surface area contributed by atoms with E-state index < -0.39 is 27.4 Å². The van der Waals surface area contributed by atoms with Crippen molar-refractivity contribution in [2.24, 2.45) is 0 Å². The molecule has 0 aliphatic rings. The first-order chi connectivity index (χ1) is 12.3. The molecule has 0 saturated carbocycles. The van der Waals surface area contributed by atoms with Gasteiger partial charge < -0.3 is 4.74 Å². The highest BCUT2D eigenvalue weighted by Gasteiger charge is 2.21. The van der Waals surface area contributed by atoms with Crippen LogP contribution in [0, 0.1) is 11.6 Å². The van der Waals surface area contributed by atoms with Crippen LogP contribution in [-0.4, -0.2) is 25.4 Å². The number of nitrogens with one attached hydrogen (secondary N) is 1. The summed E-state index contributed by atoms with van der Waals surface area (Å²) in [6.45, 7) is 0. The summed E-state index contributed by atoms with van der Waals surface area (Å²) in [6, 6.07) is 9.49. The van der Waals surface area contributed by atoms with Gasteiger partial charge in [0, 0.05) is 5.56 Å². The van der Waals surface area contributed by atoms with E-state index in [4.69, 9.17) is 11.6 Å². The van der Waals surface area contributed by atoms with E-state index in [1.54, 1.807) is 18.2 Å². The van der Waals surface area contributed by atoms with E-state index in [-0.39, 0.29) is 21.2 Å². The quantitative estimate of drug-likeness (QED) is 0.713. The average Bonchev–Trinajstić information content (AvgIpc) is 2.95. The molecule has 136 valence electrons. The maximum atomic E-state index is 14.0. The Bertz CT molecular complexity index is 1030. The lowest BCUT2D eigenvalue weighted by Crippen LogP contribution is -2.25. The van der Waals surface area contributed by atoms with Crippen molar-refractivity contribution in [3.05, 3.63) is 65.3 Å². The van der Waals surface area contributed by atoms with E-state index in [9.17, 15) is 17.2 Å². The Morgan fingerprint density at radius 3 is 2.35 bits per heavy atom. The van der Waals surface area contributed by atoms with Crippen molar-refractivity contribution in [2.75, 3.05) is 11.9 Å². The van der Waals surface area contributed by atoms with Crippen LogP contribution in [0.3, 0.4) is 0 Å². The van der Waals surface area contributed by atoms with Gasteiger partial charge in [-0.1, -0.05) is 29.8 Å². The number of nitrogens with zero attached hydrogens (tertiary/aromatic N) is 2. The monoisotopic (exact) mass is 399 g/mol. The first kappa shape index (κ1) is 18.2. The van der Waals surface area contributed by atoms with Crippen molar-refractivity contribution >= 4 is 21.6 Å². The number of methoxy groups -OCH3 is 1. The normalized spacial score (nSPS) is 11.4. The minimum atomic E-state index is -3.98. The van der Waals surface area contributed by atoms with Crippen molar-refractivity contribution < 1.29 is 21.9 Å². The number of hydrogen-bond donors (Lipinski definition) is 1. The summed E-state index contributed by atoms with van der Waals surface area (Å²) in [7, 11) is -2.85. The van der Waals surface area contributed by atoms with Crippen LogP contribution in [0.2, 0.25) is 5.02 Å². The first-order valence-electron chi connectivity index (χ1n) is 7.18. The zero-order valence-corrected chi connectivity index (χ0v) is 14.9. The molecular formula is C16H12ClF2N3O3S. The lowest BCUT2D eigenvalue weighted by atomic mass is 10.1. The van der Waals surface area contributed by atoms with Gasteiger partial charge in [0.05, 0.1) is 23.2 Å². The van der Waals surface area contributed by atoms with Crippen molar-refractivity contribution in [2.45, 2.75) is 4.90 Å². The number of ether oxygens (including phenoxy) is 1. The molecule has 0 aliphatic heterocycles. The third kappa shape index (κ3) is 3.35. The fourth-order valence-corrected chi connectivity index (χ4v) is 3.54. The van der Waals surface area contributed by atoms with Crippen LogP contribution in [0.4, 0.5) is 8.78 Å². The lowest BCUT2D eigenvalue weighted by molar-refractivity contribution is 0.360. The summed E-state index contributed by atoms with van der Waals surface area (Å²) in [6.07, 6.45) is 1.16. The van der Waals surface area contributed by atoms with Crippen LogP contribution < -0.4 is 9.57 Å². The van der Waals surface area contributed by atoms with Crippen LogP contribution >= 0.6 is 11.6 Å². The highest BCUT2D eigenvalue weighted by atomic mass is 35.5. The predicted octanol–water partition coefficient (Wildman–Crippen LogP) is 3.42. The molecule has 10 heteroatoms. The zero-order chi connectivity index (χ0) is 18.9. The molecule has 0 spiro atoms. The van der Waals surface area contributed by atoms with Gasteiger partial charge in [0.25, 0.3) is 10.0 Å². The Morgan fingerprint density at radius 1 is 1.15 bits per heavy atom. The molecule has 0 amide bonds. The smallest absolute Gasteiger partial charge is 0.276 e. The molecule has 3 aromatic rings. The van der Waals surface area contributed by atoms with Crippen molar-refractivity contribution in [1.29, 1.82) is 0 Å². The average molecular weight is 400 g/mol. The van der Waals surface area contributed by atoms with Gasteiger partial charge in [0.1, 0.15) is 5.69 Å². The second-order valence-corrected chi connectivity index (χ2v) is 7.20. The molecule has 6 nitrogen and oxygen atoms in total. The van der Waals surface area contributed by atoms with Gasteiger partial charge in [0.2, 0.25) is 0 Å². The van der Waals surface area contributed by atoms with Gasteiger partial charge in [-0.05, 0) is 24.3 Å². The van der Waals surface area contributed by atoms with Crippen LogP contribution in [0.15, 0.2) is 53.6 Å². The van der Waals surface area contributed by atoms with Gasteiger partial charge >= 0.3 is 0 Å².